The van der Waals surface area contributed by atoms with E-state index >= 15 is 0 Å². The summed E-state index contributed by atoms with van der Waals surface area (Å²) in [6, 6.07) is 0. The van der Waals surface area contributed by atoms with Gasteiger partial charge in [-0.05, 0) is 5.92 Å². The van der Waals surface area contributed by atoms with Crippen molar-refractivity contribution in [2.24, 2.45) is 5.92 Å². The van der Waals surface area contributed by atoms with Crippen LogP contribution >= 0.6 is 0 Å². The third-order valence-corrected chi connectivity index (χ3v) is 2.44. The summed E-state index contributed by atoms with van der Waals surface area (Å²) in [5.74, 6) is 1.14. The molecule has 0 aliphatic heterocycles. The second kappa shape index (κ2) is 8.10. The molecule has 1 aliphatic carbocycles. The summed E-state index contributed by atoms with van der Waals surface area (Å²) >= 11 is 0. The van der Waals surface area contributed by atoms with E-state index in [0.717, 1.165) is 5.92 Å². The van der Waals surface area contributed by atoms with E-state index < -0.39 is 0 Å². The third kappa shape index (κ3) is 5.29. The van der Waals surface area contributed by atoms with E-state index in [9.17, 15) is 0 Å². The highest BCUT2D eigenvalue weighted by atomic mass is 14.2. The van der Waals surface area contributed by atoms with Crippen LogP contribution in [0.4, 0.5) is 0 Å². The van der Waals surface area contributed by atoms with E-state index in [0.29, 0.717) is 0 Å². The average Bonchev–Trinajstić information content (AvgIpc) is 1.99. The van der Waals surface area contributed by atoms with Crippen LogP contribution in [0.1, 0.15) is 65.7 Å². The lowest BCUT2D eigenvalue weighted by atomic mass is 9.82. The van der Waals surface area contributed by atoms with Gasteiger partial charge in [-0.25, -0.2) is 0 Å². The van der Waals surface area contributed by atoms with Crippen LogP contribution in [0.3, 0.4) is 0 Å². The first kappa shape index (κ1) is 11.0. The number of hydrogen-bond acceptors (Lipinski definition) is 0. The van der Waals surface area contributed by atoms with Gasteiger partial charge in [-0.1, -0.05) is 65.7 Å². The van der Waals surface area contributed by atoms with Crippen molar-refractivity contribution < 1.29 is 0 Å². The lowest BCUT2D eigenvalue weighted by Crippen LogP contribution is -2.10. The quantitative estimate of drug-likeness (QED) is 0.529. The molecule has 0 bridgehead atoms. The lowest BCUT2D eigenvalue weighted by molar-refractivity contribution is 0.287. The Balaban J connectivity index is 0.000000461. The van der Waals surface area contributed by atoms with Crippen LogP contribution in [-0.2, 0) is 0 Å². The van der Waals surface area contributed by atoms with E-state index in [1.165, 1.54) is 44.9 Å². The third-order valence-electron chi connectivity index (χ3n) is 2.44. The molecule has 1 fully saturated rings. The van der Waals surface area contributed by atoms with Gasteiger partial charge in [0.25, 0.3) is 0 Å². The van der Waals surface area contributed by atoms with Gasteiger partial charge in [0.2, 0.25) is 0 Å². The van der Waals surface area contributed by atoms with Crippen molar-refractivity contribution >= 4 is 0 Å². The van der Waals surface area contributed by atoms with Crippen molar-refractivity contribution in [2.45, 2.75) is 65.7 Å². The Morgan fingerprint density at radius 2 is 1.73 bits per heavy atom. The van der Waals surface area contributed by atoms with Crippen molar-refractivity contribution in [2.75, 3.05) is 0 Å². The number of unbranched alkanes of at least 4 members (excludes halogenated alkanes) is 2. The standard InChI is InChI=1S/C9H18.C2H6/c1-2-3-4-6-9-7-5-8-9;1-2/h9H,2-8H2,1H3;1-2H3. The first-order chi connectivity index (χ1) is 5.43. The number of rotatable bonds is 4. The Morgan fingerprint density at radius 3 is 2.09 bits per heavy atom. The molecule has 68 valence electrons. The van der Waals surface area contributed by atoms with Gasteiger partial charge in [0.15, 0.2) is 0 Å². The predicted octanol–water partition coefficient (Wildman–Crippen LogP) is 4.39. The molecular formula is C11H24. The van der Waals surface area contributed by atoms with Gasteiger partial charge in [-0.3, -0.25) is 0 Å². The van der Waals surface area contributed by atoms with Crippen molar-refractivity contribution in [1.29, 1.82) is 0 Å². The highest BCUT2D eigenvalue weighted by Crippen LogP contribution is 2.30. The summed E-state index contributed by atoms with van der Waals surface area (Å²) in [7, 11) is 0. The highest BCUT2D eigenvalue weighted by molar-refractivity contribution is 4.68. The molecule has 0 aromatic heterocycles. The van der Waals surface area contributed by atoms with Crippen LogP contribution < -0.4 is 0 Å². The van der Waals surface area contributed by atoms with Gasteiger partial charge >= 0.3 is 0 Å². The van der Waals surface area contributed by atoms with Crippen molar-refractivity contribution in [3.8, 4) is 0 Å². The molecule has 0 saturated heterocycles. The topological polar surface area (TPSA) is 0 Å². The van der Waals surface area contributed by atoms with Crippen LogP contribution in [0.25, 0.3) is 0 Å². The van der Waals surface area contributed by atoms with E-state index in [4.69, 9.17) is 0 Å². The summed E-state index contributed by atoms with van der Waals surface area (Å²) in [6.45, 7) is 6.28. The van der Waals surface area contributed by atoms with Crippen LogP contribution in [0.5, 0.6) is 0 Å². The van der Waals surface area contributed by atoms with Gasteiger partial charge in [0.1, 0.15) is 0 Å². The molecule has 0 spiro atoms. The summed E-state index contributed by atoms with van der Waals surface area (Å²) in [6.07, 6.45) is 10.4. The van der Waals surface area contributed by atoms with E-state index in [1.54, 1.807) is 0 Å². The van der Waals surface area contributed by atoms with Gasteiger partial charge in [-0.2, -0.15) is 0 Å². The fourth-order valence-electron chi connectivity index (χ4n) is 1.46. The van der Waals surface area contributed by atoms with E-state index in [-0.39, 0.29) is 0 Å². The van der Waals surface area contributed by atoms with Crippen molar-refractivity contribution in [1.82, 2.24) is 0 Å². The molecule has 1 saturated carbocycles. The second-order valence-electron chi connectivity index (χ2n) is 3.29. The molecule has 0 heteroatoms. The Labute approximate surface area is 72.4 Å². The maximum Gasteiger partial charge on any atom is -0.0414 e. The van der Waals surface area contributed by atoms with E-state index in [1.807, 2.05) is 13.8 Å². The first-order valence-corrected chi connectivity index (χ1v) is 5.43. The zero-order valence-corrected chi connectivity index (χ0v) is 8.53. The molecule has 0 aromatic rings. The molecule has 0 aromatic carbocycles. The Bertz CT molecular complexity index is 62.4. The predicted molar refractivity (Wildman–Crippen MR) is 52.8 cm³/mol. The highest BCUT2D eigenvalue weighted by Gasteiger charge is 2.15. The van der Waals surface area contributed by atoms with Gasteiger partial charge in [-0.15, -0.1) is 0 Å². The Kier molecular flexibility index (Phi) is 8.10. The summed E-state index contributed by atoms with van der Waals surface area (Å²) in [5, 5.41) is 0. The van der Waals surface area contributed by atoms with Crippen LogP contribution in [0.15, 0.2) is 0 Å². The molecule has 0 radical (unpaired) electrons. The summed E-state index contributed by atoms with van der Waals surface area (Å²) in [5.41, 5.74) is 0. The SMILES string of the molecule is CC.CCCCCC1CCC1. The smallest absolute Gasteiger partial charge is 0.0414 e. The molecule has 1 aliphatic rings. The van der Waals surface area contributed by atoms with Crippen molar-refractivity contribution in [3.05, 3.63) is 0 Å². The zero-order chi connectivity index (χ0) is 8.53. The fraction of sp³-hybridized carbons (Fsp3) is 1.00. The van der Waals surface area contributed by atoms with E-state index in [2.05, 4.69) is 6.92 Å². The molecule has 0 amide bonds. The molecule has 0 N–H and O–H groups in total. The number of hydrogen-bond donors (Lipinski definition) is 0. The average molecular weight is 156 g/mol. The molecule has 0 heterocycles. The maximum atomic E-state index is 2.28. The van der Waals surface area contributed by atoms with Gasteiger partial charge in [0, 0.05) is 0 Å². The van der Waals surface area contributed by atoms with Gasteiger partial charge < -0.3 is 0 Å². The van der Waals surface area contributed by atoms with Gasteiger partial charge in [0.05, 0.1) is 0 Å². The molecule has 0 atom stereocenters. The monoisotopic (exact) mass is 156 g/mol. The Hall–Kier alpha value is 0. The molecule has 1 rings (SSSR count). The minimum Gasteiger partial charge on any atom is -0.0683 e. The van der Waals surface area contributed by atoms with Crippen molar-refractivity contribution in [3.63, 3.8) is 0 Å². The van der Waals surface area contributed by atoms with Crippen LogP contribution in [0.2, 0.25) is 0 Å². The fourth-order valence-corrected chi connectivity index (χ4v) is 1.46. The molecule has 0 nitrogen and oxygen atoms in total. The molecule has 0 unspecified atom stereocenters. The molecular weight excluding hydrogens is 132 g/mol. The maximum absolute atomic E-state index is 2.28. The largest absolute Gasteiger partial charge is 0.0683 e. The van der Waals surface area contributed by atoms with Crippen LogP contribution in [0, 0.1) is 5.92 Å². The Morgan fingerprint density at radius 1 is 1.09 bits per heavy atom. The summed E-state index contributed by atoms with van der Waals surface area (Å²) in [4.78, 5) is 0. The lowest BCUT2D eigenvalue weighted by Gasteiger charge is -2.24. The zero-order valence-electron chi connectivity index (χ0n) is 8.53. The minimum atomic E-state index is 1.14. The molecule has 11 heavy (non-hydrogen) atoms. The second-order valence-corrected chi connectivity index (χ2v) is 3.29. The normalized spacial score (nSPS) is 16.6. The first-order valence-electron chi connectivity index (χ1n) is 5.43. The summed E-state index contributed by atoms with van der Waals surface area (Å²) < 4.78 is 0. The minimum absolute atomic E-state index is 1.14. The van der Waals surface area contributed by atoms with Crippen LogP contribution in [-0.4, -0.2) is 0 Å².